The number of terminal acetylenes is 1. The van der Waals surface area contributed by atoms with Gasteiger partial charge in [-0.3, -0.25) is 4.79 Å². The van der Waals surface area contributed by atoms with Crippen LogP contribution < -0.4 is 0 Å². The molecule has 0 aliphatic heterocycles. The minimum Gasteiger partial charge on any atom is -0.446 e. The molecule has 0 aliphatic rings. The van der Waals surface area contributed by atoms with E-state index in [1.165, 1.54) is 6.92 Å². The molecule has 0 radical (unpaired) electrons. The van der Waals surface area contributed by atoms with E-state index in [0.29, 0.717) is 6.42 Å². The molecule has 2 heteroatoms. The van der Waals surface area contributed by atoms with Crippen molar-refractivity contribution in [1.82, 2.24) is 0 Å². The molecule has 0 heterocycles. The number of carbonyl (C=O) groups excluding carboxylic acids is 1. The fourth-order valence-electron chi connectivity index (χ4n) is 0.521. The topological polar surface area (TPSA) is 26.3 Å². The van der Waals surface area contributed by atoms with Crippen molar-refractivity contribution in [3.05, 3.63) is 0 Å². The number of hydrogen-bond acceptors (Lipinski definition) is 2. The molecule has 0 unspecified atom stereocenters. The molecule has 0 rings (SSSR count). The lowest BCUT2D eigenvalue weighted by Crippen LogP contribution is -2.27. The Morgan fingerprint density at radius 2 is 2.30 bits per heavy atom. The minimum absolute atomic E-state index is 0.331. The van der Waals surface area contributed by atoms with Crippen LogP contribution in [0.3, 0.4) is 0 Å². The van der Waals surface area contributed by atoms with Gasteiger partial charge in [-0.25, -0.2) is 0 Å². The van der Waals surface area contributed by atoms with Crippen LogP contribution >= 0.6 is 0 Å². The van der Waals surface area contributed by atoms with Crippen molar-refractivity contribution in [2.24, 2.45) is 0 Å². The van der Waals surface area contributed by atoms with E-state index in [4.69, 9.17) is 11.2 Å². The van der Waals surface area contributed by atoms with Gasteiger partial charge in [0.1, 0.15) is 0 Å². The first-order chi connectivity index (χ1) is 4.54. The van der Waals surface area contributed by atoms with E-state index in [-0.39, 0.29) is 5.97 Å². The zero-order chi connectivity index (χ0) is 8.20. The summed E-state index contributed by atoms with van der Waals surface area (Å²) in [6.45, 7) is 4.95. The van der Waals surface area contributed by atoms with E-state index in [1.807, 2.05) is 6.92 Å². The van der Waals surface area contributed by atoms with Crippen LogP contribution in [0.5, 0.6) is 0 Å². The molecule has 0 spiro atoms. The maximum atomic E-state index is 10.5. The Bertz CT molecular complexity index is 167. The van der Waals surface area contributed by atoms with Gasteiger partial charge in [-0.2, -0.15) is 0 Å². The third kappa shape index (κ3) is 2.54. The van der Waals surface area contributed by atoms with Crippen molar-refractivity contribution < 1.29 is 9.53 Å². The highest BCUT2D eigenvalue weighted by atomic mass is 16.6. The van der Waals surface area contributed by atoms with Crippen LogP contribution in [0.2, 0.25) is 0 Å². The summed E-state index contributed by atoms with van der Waals surface area (Å²) in [5, 5.41) is 0. The Hall–Kier alpha value is -0.970. The number of hydrogen-bond donors (Lipinski definition) is 0. The predicted octanol–water partition coefficient (Wildman–Crippen LogP) is 1.35. The third-order valence-electron chi connectivity index (χ3n) is 1.35. The average Bonchev–Trinajstić information content (AvgIpc) is 1.87. The van der Waals surface area contributed by atoms with Gasteiger partial charge in [-0.15, -0.1) is 6.42 Å². The average molecular weight is 140 g/mol. The Kier molecular flexibility index (Phi) is 2.95. The van der Waals surface area contributed by atoms with Gasteiger partial charge in [-0.1, -0.05) is 12.8 Å². The molecule has 0 amide bonds. The normalized spacial score (nSPS) is 15.0. The fraction of sp³-hybridized carbons (Fsp3) is 0.625. The third-order valence-corrected chi connectivity index (χ3v) is 1.35. The second-order valence-electron chi connectivity index (χ2n) is 2.32. The molecule has 0 aromatic carbocycles. The summed E-state index contributed by atoms with van der Waals surface area (Å²) in [6.07, 6.45) is 5.78. The van der Waals surface area contributed by atoms with Gasteiger partial charge < -0.3 is 4.74 Å². The molecule has 56 valence electrons. The quantitative estimate of drug-likeness (QED) is 0.427. The molecular formula is C8H12O2. The monoisotopic (exact) mass is 140 g/mol. The first-order valence-electron chi connectivity index (χ1n) is 3.21. The summed E-state index contributed by atoms with van der Waals surface area (Å²) in [5.74, 6) is 2.09. The molecule has 0 N–H and O–H groups in total. The van der Waals surface area contributed by atoms with Crippen molar-refractivity contribution >= 4 is 5.97 Å². The molecule has 0 aromatic heterocycles. The summed E-state index contributed by atoms with van der Waals surface area (Å²) < 4.78 is 4.86. The fourth-order valence-corrected chi connectivity index (χ4v) is 0.521. The maximum absolute atomic E-state index is 10.5. The molecular weight excluding hydrogens is 128 g/mol. The van der Waals surface area contributed by atoms with Crippen molar-refractivity contribution in [1.29, 1.82) is 0 Å². The summed E-state index contributed by atoms with van der Waals surface area (Å²) in [6, 6.07) is 0. The van der Waals surface area contributed by atoms with Gasteiger partial charge in [0.2, 0.25) is 0 Å². The zero-order valence-electron chi connectivity index (χ0n) is 6.60. The smallest absolute Gasteiger partial charge is 0.304 e. The van der Waals surface area contributed by atoms with E-state index in [0.717, 1.165) is 0 Å². The highest BCUT2D eigenvalue weighted by Crippen LogP contribution is 2.12. The van der Waals surface area contributed by atoms with Crippen LogP contribution in [-0.4, -0.2) is 11.6 Å². The lowest BCUT2D eigenvalue weighted by molar-refractivity contribution is -0.150. The molecule has 0 aliphatic carbocycles. The molecule has 10 heavy (non-hydrogen) atoms. The van der Waals surface area contributed by atoms with E-state index >= 15 is 0 Å². The Labute approximate surface area is 61.6 Å². The molecule has 0 fully saturated rings. The highest BCUT2D eigenvalue weighted by molar-refractivity contribution is 5.67. The molecule has 0 bridgehead atoms. The SMILES string of the molecule is C#C[C@](C)(CC)OC(C)=O. The van der Waals surface area contributed by atoms with Crippen LogP contribution in [0.4, 0.5) is 0 Å². The predicted molar refractivity (Wildman–Crippen MR) is 39.3 cm³/mol. The van der Waals surface area contributed by atoms with Gasteiger partial charge in [0.15, 0.2) is 5.60 Å². The summed E-state index contributed by atoms with van der Waals surface area (Å²) >= 11 is 0. The van der Waals surface area contributed by atoms with Crippen LogP contribution in [0.1, 0.15) is 27.2 Å². The number of rotatable bonds is 2. The highest BCUT2D eigenvalue weighted by Gasteiger charge is 2.21. The first kappa shape index (κ1) is 9.03. The lowest BCUT2D eigenvalue weighted by atomic mass is 10.1. The Balaban J connectivity index is 4.10. The van der Waals surface area contributed by atoms with Gasteiger partial charge in [-0.05, 0) is 13.3 Å². The maximum Gasteiger partial charge on any atom is 0.304 e. The van der Waals surface area contributed by atoms with Gasteiger partial charge in [0.05, 0.1) is 0 Å². The van der Waals surface area contributed by atoms with Crippen molar-refractivity contribution in [2.45, 2.75) is 32.8 Å². The zero-order valence-corrected chi connectivity index (χ0v) is 6.60. The van der Waals surface area contributed by atoms with Crippen LogP contribution in [-0.2, 0) is 9.53 Å². The Morgan fingerprint density at radius 1 is 1.80 bits per heavy atom. The Morgan fingerprint density at radius 3 is 2.40 bits per heavy atom. The number of ether oxygens (including phenoxy) is 1. The molecule has 0 saturated heterocycles. The molecule has 2 nitrogen and oxygen atoms in total. The van der Waals surface area contributed by atoms with Crippen LogP contribution in [0, 0.1) is 12.3 Å². The van der Waals surface area contributed by atoms with Crippen molar-refractivity contribution in [3.8, 4) is 12.3 Å². The van der Waals surface area contributed by atoms with Crippen molar-refractivity contribution in [3.63, 3.8) is 0 Å². The molecule has 0 saturated carbocycles. The van der Waals surface area contributed by atoms with Crippen LogP contribution in [0.15, 0.2) is 0 Å². The van der Waals surface area contributed by atoms with Gasteiger partial charge in [0, 0.05) is 6.92 Å². The van der Waals surface area contributed by atoms with Crippen LogP contribution in [0.25, 0.3) is 0 Å². The van der Waals surface area contributed by atoms with E-state index in [2.05, 4.69) is 5.92 Å². The largest absolute Gasteiger partial charge is 0.446 e. The summed E-state index contributed by atoms with van der Waals surface area (Å²) in [4.78, 5) is 10.5. The number of esters is 1. The molecule has 1 atom stereocenters. The van der Waals surface area contributed by atoms with E-state index < -0.39 is 5.60 Å². The second-order valence-corrected chi connectivity index (χ2v) is 2.32. The molecule has 0 aromatic rings. The lowest BCUT2D eigenvalue weighted by Gasteiger charge is -2.20. The van der Waals surface area contributed by atoms with Gasteiger partial charge in [0.25, 0.3) is 0 Å². The standard InChI is InChI=1S/C8H12O2/c1-5-8(4,6-2)10-7(3)9/h1H,6H2,2-4H3/t8-/m1/s1. The minimum atomic E-state index is -0.716. The summed E-state index contributed by atoms with van der Waals surface area (Å²) in [5.41, 5.74) is -0.716. The second kappa shape index (κ2) is 3.26. The first-order valence-corrected chi connectivity index (χ1v) is 3.21. The van der Waals surface area contributed by atoms with E-state index in [1.54, 1.807) is 6.92 Å². The number of carbonyl (C=O) groups is 1. The van der Waals surface area contributed by atoms with E-state index in [9.17, 15) is 4.79 Å². The van der Waals surface area contributed by atoms with Crippen molar-refractivity contribution in [2.75, 3.05) is 0 Å². The van der Waals surface area contributed by atoms with Gasteiger partial charge >= 0.3 is 5.97 Å². The summed E-state index contributed by atoms with van der Waals surface area (Å²) in [7, 11) is 0.